The number of benzene rings is 1. The van der Waals surface area contributed by atoms with E-state index in [0.29, 0.717) is 12.0 Å². The number of aliphatic hydroxyl groups excluding tert-OH is 1. The minimum Gasteiger partial charge on any atom is -0.394 e. The normalized spacial score (nSPS) is 29.6. The standard InChI is InChI=1S/C21H33NO2/c1-2-3-4-11-24-20-8-7-16-12-17(5-6-18(16)13-20)19-9-10-21(22,14-19)15-23/h5-6,12,19-20,23H,2-4,7-11,13-15,22H2,1H3/t19-,20?,21-/m0/s1. The van der Waals surface area contributed by atoms with Crippen molar-refractivity contribution in [2.75, 3.05) is 13.2 Å². The molecule has 1 fully saturated rings. The van der Waals surface area contributed by atoms with Crippen molar-refractivity contribution < 1.29 is 9.84 Å². The molecular weight excluding hydrogens is 298 g/mol. The SMILES string of the molecule is CCCCCOC1CCc2cc([C@H]3CC[C@@](N)(CO)C3)ccc2C1. The average Bonchev–Trinajstić information content (AvgIpc) is 3.01. The fourth-order valence-corrected chi connectivity index (χ4v) is 4.32. The third-order valence-electron chi connectivity index (χ3n) is 5.94. The summed E-state index contributed by atoms with van der Waals surface area (Å²) < 4.78 is 6.07. The zero-order chi connectivity index (χ0) is 17.0. The molecule has 1 unspecified atom stereocenters. The first kappa shape index (κ1) is 17.9. The largest absolute Gasteiger partial charge is 0.394 e. The molecule has 0 spiro atoms. The van der Waals surface area contributed by atoms with Crippen LogP contribution in [0.25, 0.3) is 0 Å². The summed E-state index contributed by atoms with van der Waals surface area (Å²) in [6, 6.07) is 6.99. The van der Waals surface area contributed by atoms with Crippen LogP contribution in [0.15, 0.2) is 18.2 Å². The van der Waals surface area contributed by atoms with Crippen LogP contribution in [0.3, 0.4) is 0 Å². The van der Waals surface area contributed by atoms with E-state index in [9.17, 15) is 5.11 Å². The van der Waals surface area contributed by atoms with Crippen molar-refractivity contribution in [1.29, 1.82) is 0 Å². The highest BCUT2D eigenvalue weighted by Gasteiger charge is 2.36. The molecule has 134 valence electrons. The van der Waals surface area contributed by atoms with Gasteiger partial charge in [-0.2, -0.15) is 0 Å². The second kappa shape index (κ2) is 7.99. The van der Waals surface area contributed by atoms with E-state index < -0.39 is 0 Å². The number of aryl methyl sites for hydroxylation is 1. The zero-order valence-electron chi connectivity index (χ0n) is 15.1. The van der Waals surface area contributed by atoms with Crippen molar-refractivity contribution in [3.05, 3.63) is 34.9 Å². The highest BCUT2D eigenvalue weighted by molar-refractivity contribution is 5.36. The lowest BCUT2D eigenvalue weighted by atomic mass is 9.85. The first-order chi connectivity index (χ1) is 11.6. The lowest BCUT2D eigenvalue weighted by Gasteiger charge is -2.26. The number of rotatable bonds is 7. The molecule has 0 aliphatic heterocycles. The Hall–Kier alpha value is -0.900. The maximum absolute atomic E-state index is 9.48. The van der Waals surface area contributed by atoms with Gasteiger partial charge in [-0.25, -0.2) is 0 Å². The second-order valence-corrected chi connectivity index (χ2v) is 7.93. The van der Waals surface area contributed by atoms with E-state index >= 15 is 0 Å². The maximum atomic E-state index is 9.48. The van der Waals surface area contributed by atoms with E-state index in [1.165, 1.54) is 36.0 Å². The summed E-state index contributed by atoms with van der Waals surface area (Å²) in [4.78, 5) is 0. The Bertz CT molecular complexity index is 545. The van der Waals surface area contributed by atoms with E-state index in [-0.39, 0.29) is 12.1 Å². The Balaban J connectivity index is 1.58. The smallest absolute Gasteiger partial charge is 0.0618 e. The van der Waals surface area contributed by atoms with Gasteiger partial charge >= 0.3 is 0 Å². The summed E-state index contributed by atoms with van der Waals surface area (Å²) in [5, 5.41) is 9.48. The number of nitrogens with two attached hydrogens (primary N) is 1. The predicted octanol–water partition coefficient (Wildman–Crippen LogP) is 3.71. The van der Waals surface area contributed by atoms with Gasteiger partial charge in [0.15, 0.2) is 0 Å². The van der Waals surface area contributed by atoms with E-state index in [1.54, 1.807) is 0 Å². The Kier molecular flexibility index (Phi) is 5.96. The number of hydrogen-bond acceptors (Lipinski definition) is 3. The first-order valence-electron chi connectivity index (χ1n) is 9.76. The minimum atomic E-state index is -0.363. The molecule has 3 rings (SSSR count). The van der Waals surface area contributed by atoms with Crippen molar-refractivity contribution >= 4 is 0 Å². The predicted molar refractivity (Wildman–Crippen MR) is 98.3 cm³/mol. The summed E-state index contributed by atoms with van der Waals surface area (Å²) in [5.41, 5.74) is 10.3. The molecule has 1 aromatic carbocycles. The molecule has 0 radical (unpaired) electrons. The molecule has 3 heteroatoms. The van der Waals surface area contributed by atoms with E-state index in [4.69, 9.17) is 10.5 Å². The van der Waals surface area contributed by atoms with Crippen LogP contribution in [0.5, 0.6) is 0 Å². The van der Waals surface area contributed by atoms with Gasteiger partial charge in [-0.3, -0.25) is 0 Å². The molecule has 3 nitrogen and oxygen atoms in total. The van der Waals surface area contributed by atoms with Crippen molar-refractivity contribution in [1.82, 2.24) is 0 Å². The second-order valence-electron chi connectivity index (χ2n) is 7.93. The molecule has 0 heterocycles. The van der Waals surface area contributed by atoms with Crippen LogP contribution in [0.4, 0.5) is 0 Å². The number of ether oxygens (including phenoxy) is 1. The van der Waals surface area contributed by atoms with Gasteiger partial charge in [0.05, 0.1) is 12.7 Å². The summed E-state index contributed by atoms with van der Waals surface area (Å²) in [7, 11) is 0. The molecule has 2 aliphatic rings. The lowest BCUT2D eigenvalue weighted by molar-refractivity contribution is 0.0419. The third-order valence-corrected chi connectivity index (χ3v) is 5.94. The first-order valence-corrected chi connectivity index (χ1v) is 9.76. The van der Waals surface area contributed by atoms with Crippen LogP contribution in [-0.4, -0.2) is 30.0 Å². The molecule has 24 heavy (non-hydrogen) atoms. The molecule has 0 aromatic heterocycles. The molecule has 0 saturated heterocycles. The van der Waals surface area contributed by atoms with E-state index in [2.05, 4.69) is 25.1 Å². The Labute approximate surface area is 146 Å². The molecular formula is C21H33NO2. The van der Waals surface area contributed by atoms with Gasteiger partial charge in [0.2, 0.25) is 0 Å². The summed E-state index contributed by atoms with van der Waals surface area (Å²) in [5.74, 6) is 0.510. The van der Waals surface area contributed by atoms with Crippen LogP contribution in [0.2, 0.25) is 0 Å². The van der Waals surface area contributed by atoms with Crippen LogP contribution < -0.4 is 5.73 Å². The van der Waals surface area contributed by atoms with Gasteiger partial charge in [-0.05, 0) is 67.6 Å². The number of aliphatic hydroxyl groups is 1. The van der Waals surface area contributed by atoms with Gasteiger partial charge in [-0.1, -0.05) is 38.0 Å². The van der Waals surface area contributed by atoms with Gasteiger partial charge in [0.1, 0.15) is 0 Å². The highest BCUT2D eigenvalue weighted by Crippen LogP contribution is 2.40. The number of hydrogen-bond donors (Lipinski definition) is 2. The topological polar surface area (TPSA) is 55.5 Å². The van der Waals surface area contributed by atoms with Crippen molar-refractivity contribution in [3.63, 3.8) is 0 Å². The molecule has 3 N–H and O–H groups in total. The maximum Gasteiger partial charge on any atom is 0.0618 e. The number of unbranched alkanes of at least 4 members (excludes halogenated alkanes) is 2. The Morgan fingerprint density at radius 1 is 1.25 bits per heavy atom. The molecule has 3 atom stereocenters. The zero-order valence-corrected chi connectivity index (χ0v) is 15.1. The van der Waals surface area contributed by atoms with Gasteiger partial charge in [0.25, 0.3) is 0 Å². The van der Waals surface area contributed by atoms with Gasteiger partial charge in [0, 0.05) is 12.1 Å². The average molecular weight is 332 g/mol. The minimum absolute atomic E-state index is 0.103. The lowest BCUT2D eigenvalue weighted by Crippen LogP contribution is -2.40. The Morgan fingerprint density at radius 2 is 2.12 bits per heavy atom. The van der Waals surface area contributed by atoms with Crippen LogP contribution >= 0.6 is 0 Å². The van der Waals surface area contributed by atoms with Crippen molar-refractivity contribution in [2.45, 2.75) is 82.3 Å². The van der Waals surface area contributed by atoms with E-state index in [0.717, 1.165) is 45.1 Å². The van der Waals surface area contributed by atoms with Crippen molar-refractivity contribution in [3.8, 4) is 0 Å². The Morgan fingerprint density at radius 3 is 2.88 bits per heavy atom. The van der Waals surface area contributed by atoms with Gasteiger partial charge in [-0.15, -0.1) is 0 Å². The molecule has 1 saturated carbocycles. The fourth-order valence-electron chi connectivity index (χ4n) is 4.32. The van der Waals surface area contributed by atoms with Gasteiger partial charge < -0.3 is 15.6 Å². The molecule has 2 aliphatic carbocycles. The summed E-state index contributed by atoms with van der Waals surface area (Å²) in [6.07, 6.45) is 10.4. The van der Waals surface area contributed by atoms with Crippen LogP contribution in [0, 0.1) is 0 Å². The van der Waals surface area contributed by atoms with E-state index in [1.807, 2.05) is 0 Å². The van der Waals surface area contributed by atoms with Crippen LogP contribution in [0.1, 0.15) is 74.5 Å². The number of fused-ring (bicyclic) bond motifs is 1. The molecule has 0 bridgehead atoms. The monoisotopic (exact) mass is 331 g/mol. The fraction of sp³-hybridized carbons (Fsp3) is 0.714. The van der Waals surface area contributed by atoms with Crippen LogP contribution in [-0.2, 0) is 17.6 Å². The van der Waals surface area contributed by atoms with Crippen molar-refractivity contribution in [2.24, 2.45) is 5.73 Å². The quantitative estimate of drug-likeness (QED) is 0.749. The third kappa shape index (κ3) is 4.19. The molecule has 0 amide bonds. The summed E-state index contributed by atoms with van der Waals surface area (Å²) in [6.45, 7) is 3.24. The molecule has 1 aromatic rings. The summed E-state index contributed by atoms with van der Waals surface area (Å²) >= 11 is 0. The highest BCUT2D eigenvalue weighted by atomic mass is 16.5.